The fourth-order valence-electron chi connectivity index (χ4n) is 1.45. The molecule has 0 spiro atoms. The van der Waals surface area contributed by atoms with Crippen LogP contribution in [0.1, 0.15) is 31.9 Å². The molecule has 0 bridgehead atoms. The lowest BCUT2D eigenvalue weighted by Gasteiger charge is -2.25. The van der Waals surface area contributed by atoms with Crippen molar-refractivity contribution in [2.45, 2.75) is 33.3 Å². The number of carbonyl (C=O) groups is 1. The molecular formula is C14H17NO3. The average molecular weight is 247 g/mol. The van der Waals surface area contributed by atoms with Crippen LogP contribution in [0.3, 0.4) is 0 Å². The van der Waals surface area contributed by atoms with Crippen LogP contribution < -0.4 is 4.74 Å². The van der Waals surface area contributed by atoms with Crippen molar-refractivity contribution in [3.05, 3.63) is 29.3 Å². The van der Waals surface area contributed by atoms with Crippen molar-refractivity contribution in [3.8, 4) is 11.8 Å². The van der Waals surface area contributed by atoms with Crippen molar-refractivity contribution in [2.24, 2.45) is 0 Å². The first-order valence-electron chi connectivity index (χ1n) is 5.77. The number of nitrogens with zero attached hydrogens (tertiary/aromatic N) is 1. The molecule has 4 nitrogen and oxygen atoms in total. The first kappa shape index (κ1) is 14.0. The molecular weight excluding hydrogens is 230 g/mol. The van der Waals surface area contributed by atoms with Gasteiger partial charge >= 0.3 is 5.97 Å². The van der Waals surface area contributed by atoms with Gasteiger partial charge in [-0.3, -0.25) is 0 Å². The third-order valence-electron chi connectivity index (χ3n) is 2.44. The lowest BCUT2D eigenvalue weighted by atomic mass is 10.1. The molecule has 1 aromatic rings. The summed E-state index contributed by atoms with van der Waals surface area (Å²) in [4.78, 5) is 11.7. The van der Waals surface area contributed by atoms with Gasteiger partial charge in [0.15, 0.2) is 5.60 Å². The number of rotatable bonds is 4. The minimum Gasteiger partial charge on any atom is -0.476 e. The van der Waals surface area contributed by atoms with Gasteiger partial charge in [-0.05, 0) is 51.5 Å². The maximum Gasteiger partial charge on any atom is 0.349 e. The van der Waals surface area contributed by atoms with Gasteiger partial charge in [-0.25, -0.2) is 4.79 Å². The molecule has 96 valence electrons. The highest BCUT2D eigenvalue weighted by Gasteiger charge is 2.31. The van der Waals surface area contributed by atoms with Gasteiger partial charge in [0, 0.05) is 0 Å². The molecule has 1 rings (SSSR count). The van der Waals surface area contributed by atoms with Crippen LogP contribution in [0.15, 0.2) is 18.2 Å². The molecule has 0 unspecified atom stereocenters. The molecule has 0 radical (unpaired) electrons. The van der Waals surface area contributed by atoms with Gasteiger partial charge in [-0.2, -0.15) is 5.26 Å². The predicted octanol–water partition coefficient (Wildman–Crippen LogP) is 2.59. The molecule has 0 N–H and O–H groups in total. The van der Waals surface area contributed by atoms with E-state index in [4.69, 9.17) is 14.7 Å². The summed E-state index contributed by atoms with van der Waals surface area (Å²) in [6.07, 6.45) is 0. The lowest BCUT2D eigenvalue weighted by Crippen LogP contribution is -2.39. The fraction of sp³-hybridized carbons (Fsp3) is 0.429. The molecule has 0 heterocycles. The molecule has 0 atom stereocenters. The Kier molecular flexibility index (Phi) is 4.33. The van der Waals surface area contributed by atoms with Crippen LogP contribution in [-0.4, -0.2) is 18.2 Å². The molecule has 0 saturated carbocycles. The molecule has 0 amide bonds. The maximum absolute atomic E-state index is 11.7. The summed E-state index contributed by atoms with van der Waals surface area (Å²) in [6, 6.07) is 7.12. The van der Waals surface area contributed by atoms with E-state index in [1.165, 1.54) is 0 Å². The zero-order chi connectivity index (χ0) is 13.8. The highest BCUT2D eigenvalue weighted by atomic mass is 16.6. The van der Waals surface area contributed by atoms with Crippen molar-refractivity contribution in [1.82, 2.24) is 0 Å². The summed E-state index contributed by atoms with van der Waals surface area (Å²) < 4.78 is 10.6. The van der Waals surface area contributed by atoms with E-state index in [0.29, 0.717) is 17.9 Å². The van der Waals surface area contributed by atoms with Gasteiger partial charge in [0.1, 0.15) is 5.75 Å². The second-order valence-corrected chi connectivity index (χ2v) is 4.42. The average Bonchev–Trinajstić information content (AvgIpc) is 2.32. The summed E-state index contributed by atoms with van der Waals surface area (Å²) in [7, 11) is 0. The van der Waals surface area contributed by atoms with E-state index in [1.54, 1.807) is 39.0 Å². The van der Waals surface area contributed by atoms with E-state index in [-0.39, 0.29) is 0 Å². The highest BCUT2D eigenvalue weighted by Crippen LogP contribution is 2.24. The van der Waals surface area contributed by atoms with Crippen LogP contribution in [0, 0.1) is 18.3 Å². The van der Waals surface area contributed by atoms with Crippen molar-refractivity contribution in [1.29, 1.82) is 5.26 Å². The minimum atomic E-state index is -1.05. The number of hydrogen-bond donors (Lipinski definition) is 0. The van der Waals surface area contributed by atoms with Crippen molar-refractivity contribution >= 4 is 5.97 Å². The topological polar surface area (TPSA) is 59.3 Å². The van der Waals surface area contributed by atoms with Crippen molar-refractivity contribution in [3.63, 3.8) is 0 Å². The van der Waals surface area contributed by atoms with Gasteiger partial charge in [-0.15, -0.1) is 0 Å². The minimum absolute atomic E-state index is 0.317. The Bertz CT molecular complexity index is 486. The molecule has 0 aliphatic rings. The summed E-state index contributed by atoms with van der Waals surface area (Å²) in [5.74, 6) is 0.167. The van der Waals surface area contributed by atoms with Crippen LogP contribution in [-0.2, 0) is 9.53 Å². The smallest absolute Gasteiger partial charge is 0.349 e. The number of ether oxygens (including phenoxy) is 2. The first-order valence-corrected chi connectivity index (χ1v) is 5.77. The van der Waals surface area contributed by atoms with E-state index in [1.807, 2.05) is 6.92 Å². The van der Waals surface area contributed by atoms with E-state index in [2.05, 4.69) is 6.07 Å². The molecule has 18 heavy (non-hydrogen) atoms. The van der Waals surface area contributed by atoms with Gasteiger partial charge in [0.2, 0.25) is 0 Å². The predicted molar refractivity (Wildman–Crippen MR) is 67.2 cm³/mol. The Morgan fingerprint density at radius 2 is 2.11 bits per heavy atom. The zero-order valence-electron chi connectivity index (χ0n) is 11.1. The van der Waals surface area contributed by atoms with Gasteiger partial charge in [0.25, 0.3) is 0 Å². The van der Waals surface area contributed by atoms with E-state index >= 15 is 0 Å². The van der Waals surface area contributed by atoms with Crippen LogP contribution in [0.2, 0.25) is 0 Å². The molecule has 1 aromatic carbocycles. The second-order valence-electron chi connectivity index (χ2n) is 4.42. The van der Waals surface area contributed by atoms with Gasteiger partial charge in [-0.1, -0.05) is 0 Å². The highest BCUT2D eigenvalue weighted by molar-refractivity contribution is 5.79. The Hall–Kier alpha value is -2.02. The number of carbonyl (C=O) groups excluding carboxylic acids is 1. The van der Waals surface area contributed by atoms with E-state index in [9.17, 15) is 4.79 Å². The number of benzene rings is 1. The molecule has 4 heteroatoms. The number of aryl methyl sites for hydroxylation is 1. The first-order chi connectivity index (χ1) is 8.40. The summed E-state index contributed by atoms with van der Waals surface area (Å²) in [5.41, 5.74) is 0.329. The molecule has 0 fully saturated rings. The van der Waals surface area contributed by atoms with Crippen LogP contribution in [0.25, 0.3) is 0 Å². The standard InChI is InChI=1S/C14H17NO3/c1-5-17-13(16)14(3,4)18-12-7-6-11(9-15)8-10(12)2/h6-8H,5H2,1-4H3. The third kappa shape index (κ3) is 3.24. The van der Waals surface area contributed by atoms with Crippen molar-refractivity contribution in [2.75, 3.05) is 6.61 Å². The lowest BCUT2D eigenvalue weighted by molar-refractivity contribution is -0.158. The van der Waals surface area contributed by atoms with Gasteiger partial charge in [0.05, 0.1) is 18.2 Å². The van der Waals surface area contributed by atoms with Crippen LogP contribution in [0.5, 0.6) is 5.75 Å². The quantitative estimate of drug-likeness (QED) is 0.767. The summed E-state index contributed by atoms with van der Waals surface area (Å²) >= 11 is 0. The maximum atomic E-state index is 11.7. The Morgan fingerprint density at radius 1 is 1.44 bits per heavy atom. The Morgan fingerprint density at radius 3 is 2.61 bits per heavy atom. The molecule has 0 aliphatic heterocycles. The van der Waals surface area contributed by atoms with Crippen LogP contribution in [0.4, 0.5) is 0 Å². The van der Waals surface area contributed by atoms with Crippen molar-refractivity contribution < 1.29 is 14.3 Å². The Labute approximate surface area is 107 Å². The monoisotopic (exact) mass is 247 g/mol. The van der Waals surface area contributed by atoms with Gasteiger partial charge < -0.3 is 9.47 Å². The number of esters is 1. The largest absolute Gasteiger partial charge is 0.476 e. The number of hydrogen-bond acceptors (Lipinski definition) is 4. The summed E-state index contributed by atoms with van der Waals surface area (Å²) in [6.45, 7) is 7.21. The Balaban J connectivity index is 2.91. The third-order valence-corrected chi connectivity index (χ3v) is 2.44. The zero-order valence-corrected chi connectivity index (χ0v) is 11.1. The summed E-state index contributed by atoms with van der Waals surface area (Å²) in [5, 5.41) is 8.78. The molecule has 0 saturated heterocycles. The van der Waals surface area contributed by atoms with E-state index in [0.717, 1.165) is 5.56 Å². The molecule has 0 aromatic heterocycles. The fourth-order valence-corrected chi connectivity index (χ4v) is 1.45. The van der Waals surface area contributed by atoms with Crippen LogP contribution >= 0.6 is 0 Å². The second kappa shape index (κ2) is 5.54. The van der Waals surface area contributed by atoms with E-state index < -0.39 is 11.6 Å². The number of nitriles is 1. The SMILES string of the molecule is CCOC(=O)C(C)(C)Oc1ccc(C#N)cc1C. The normalized spacial score (nSPS) is 10.6. The molecule has 0 aliphatic carbocycles.